The van der Waals surface area contributed by atoms with Gasteiger partial charge in [0.1, 0.15) is 0 Å². The average Bonchev–Trinajstić information content (AvgIpc) is 2.26. The van der Waals surface area contributed by atoms with Gasteiger partial charge in [0.25, 0.3) is 0 Å². The van der Waals surface area contributed by atoms with Gasteiger partial charge in [0.15, 0.2) is 9.84 Å². The number of hydrogen-bond donors (Lipinski definition) is 2. The average molecular weight is 306 g/mol. The molecule has 0 saturated carbocycles. The van der Waals surface area contributed by atoms with Crippen molar-refractivity contribution in [1.82, 2.24) is 10.2 Å². The normalized spacial score (nSPS) is 23.4. The van der Waals surface area contributed by atoms with Crippen molar-refractivity contribution < 1.29 is 23.1 Å². The molecule has 0 bridgehead atoms. The summed E-state index contributed by atoms with van der Waals surface area (Å²) in [5.74, 6) is -1.28. The van der Waals surface area contributed by atoms with Crippen LogP contribution in [0.25, 0.3) is 0 Å². The van der Waals surface area contributed by atoms with E-state index in [1.54, 1.807) is 0 Å². The van der Waals surface area contributed by atoms with Crippen molar-refractivity contribution in [1.29, 1.82) is 0 Å². The summed E-state index contributed by atoms with van der Waals surface area (Å²) in [7, 11) is -3.27. The number of hydrogen-bond acceptors (Lipinski definition) is 4. The molecule has 1 heterocycles. The third-order valence-corrected chi connectivity index (χ3v) is 5.25. The van der Waals surface area contributed by atoms with Gasteiger partial charge < -0.3 is 15.3 Å². The van der Waals surface area contributed by atoms with Crippen molar-refractivity contribution in [2.24, 2.45) is 5.92 Å². The summed E-state index contributed by atoms with van der Waals surface area (Å²) in [6, 6.07) is -1.26. The number of amides is 2. The monoisotopic (exact) mass is 306 g/mol. The Morgan fingerprint density at radius 3 is 2.45 bits per heavy atom. The molecule has 20 heavy (non-hydrogen) atoms. The first-order valence-corrected chi connectivity index (χ1v) is 8.44. The summed E-state index contributed by atoms with van der Waals surface area (Å²) in [4.78, 5) is 24.3. The zero-order valence-electron chi connectivity index (χ0n) is 12.0. The lowest BCUT2D eigenvalue weighted by molar-refractivity contribution is -0.138. The molecular weight excluding hydrogens is 284 g/mol. The van der Waals surface area contributed by atoms with Crippen LogP contribution in [-0.4, -0.2) is 60.6 Å². The van der Waals surface area contributed by atoms with Crippen LogP contribution in [0.2, 0.25) is 0 Å². The summed E-state index contributed by atoms with van der Waals surface area (Å²) in [6.45, 7) is 5.81. The van der Waals surface area contributed by atoms with Crippen LogP contribution < -0.4 is 5.32 Å². The minimum absolute atomic E-state index is 0.0386. The van der Waals surface area contributed by atoms with Crippen molar-refractivity contribution in [2.75, 3.05) is 18.1 Å². The Labute approximate surface area is 119 Å². The van der Waals surface area contributed by atoms with Gasteiger partial charge in [-0.2, -0.15) is 0 Å². The van der Waals surface area contributed by atoms with Crippen LogP contribution in [-0.2, 0) is 14.6 Å². The van der Waals surface area contributed by atoms with Gasteiger partial charge in [-0.3, -0.25) is 4.79 Å². The van der Waals surface area contributed by atoms with E-state index in [0.717, 1.165) is 0 Å². The Balaban J connectivity index is 2.79. The van der Waals surface area contributed by atoms with Crippen LogP contribution in [0.3, 0.4) is 0 Å². The van der Waals surface area contributed by atoms with Crippen molar-refractivity contribution >= 4 is 21.8 Å². The number of carboxylic acid groups (broad SMARTS) is 1. The molecule has 0 aromatic rings. The Bertz CT molecular complexity index is 474. The molecule has 1 fully saturated rings. The smallest absolute Gasteiger partial charge is 0.317 e. The van der Waals surface area contributed by atoms with Crippen LogP contribution in [0.1, 0.15) is 27.2 Å². The number of carbonyl (C=O) groups excluding carboxylic acids is 1. The van der Waals surface area contributed by atoms with E-state index >= 15 is 0 Å². The molecule has 8 heteroatoms. The molecule has 1 aliphatic rings. The lowest BCUT2D eigenvalue weighted by atomic mass is 10.1. The summed E-state index contributed by atoms with van der Waals surface area (Å²) in [5, 5.41) is 11.6. The molecule has 1 aliphatic heterocycles. The zero-order chi connectivity index (χ0) is 15.5. The van der Waals surface area contributed by atoms with Gasteiger partial charge in [0.2, 0.25) is 0 Å². The summed E-state index contributed by atoms with van der Waals surface area (Å²) in [6.07, 6.45) is -0.358. The molecule has 0 spiro atoms. The highest BCUT2D eigenvalue weighted by Crippen LogP contribution is 2.16. The van der Waals surface area contributed by atoms with Crippen LogP contribution in [0, 0.1) is 5.92 Å². The molecule has 2 N–H and O–H groups in total. The fraction of sp³-hybridized carbons (Fsp3) is 0.833. The largest absolute Gasteiger partial charge is 0.481 e. The minimum Gasteiger partial charge on any atom is -0.481 e. The molecule has 0 aromatic heterocycles. The first-order chi connectivity index (χ1) is 9.12. The molecular formula is C12H22N2O5S. The maximum atomic E-state index is 12.1. The summed E-state index contributed by atoms with van der Waals surface area (Å²) < 4.78 is 23.2. The summed E-state index contributed by atoms with van der Waals surface area (Å²) >= 11 is 0. The molecule has 0 aromatic carbocycles. The Hall–Kier alpha value is -1.31. The molecule has 1 rings (SSSR count). The summed E-state index contributed by atoms with van der Waals surface area (Å²) in [5.41, 5.74) is 0. The van der Waals surface area contributed by atoms with Gasteiger partial charge >= 0.3 is 12.0 Å². The second kappa shape index (κ2) is 6.43. The topological polar surface area (TPSA) is 104 Å². The molecule has 116 valence electrons. The highest BCUT2D eigenvalue weighted by molar-refractivity contribution is 7.91. The van der Waals surface area contributed by atoms with Crippen LogP contribution in [0.4, 0.5) is 4.79 Å². The number of rotatable bonds is 4. The Kier molecular flexibility index (Phi) is 5.38. The van der Waals surface area contributed by atoms with E-state index in [1.807, 2.05) is 20.8 Å². The number of carboxylic acids is 1. The lowest BCUT2D eigenvalue weighted by Gasteiger charge is -2.35. The lowest BCUT2D eigenvalue weighted by Crippen LogP contribution is -2.56. The SMILES string of the molecule is CC(C)C(C)NC(=O)N1CCS(=O)(=O)CC1CC(=O)O. The molecule has 7 nitrogen and oxygen atoms in total. The fourth-order valence-corrected chi connectivity index (χ4v) is 3.49. The first kappa shape index (κ1) is 16.7. The van der Waals surface area contributed by atoms with Crippen molar-refractivity contribution in [3.63, 3.8) is 0 Å². The number of sulfone groups is 1. The van der Waals surface area contributed by atoms with Crippen molar-refractivity contribution in [2.45, 2.75) is 39.3 Å². The fourth-order valence-electron chi connectivity index (χ4n) is 1.97. The number of aliphatic carboxylic acids is 1. The van der Waals surface area contributed by atoms with Gasteiger partial charge in [0, 0.05) is 12.6 Å². The van der Waals surface area contributed by atoms with Gasteiger partial charge in [-0.25, -0.2) is 13.2 Å². The van der Waals surface area contributed by atoms with E-state index in [-0.39, 0.29) is 36.4 Å². The molecule has 1 saturated heterocycles. The molecule has 2 unspecified atom stereocenters. The number of carbonyl (C=O) groups is 2. The van der Waals surface area contributed by atoms with E-state index in [9.17, 15) is 18.0 Å². The third-order valence-electron chi connectivity index (χ3n) is 3.55. The minimum atomic E-state index is -3.27. The Morgan fingerprint density at radius 1 is 1.35 bits per heavy atom. The zero-order valence-corrected chi connectivity index (χ0v) is 12.8. The van der Waals surface area contributed by atoms with Crippen LogP contribution >= 0.6 is 0 Å². The predicted molar refractivity (Wildman–Crippen MR) is 74.2 cm³/mol. The van der Waals surface area contributed by atoms with Crippen molar-refractivity contribution in [3.8, 4) is 0 Å². The van der Waals surface area contributed by atoms with Gasteiger partial charge in [-0.1, -0.05) is 13.8 Å². The molecule has 2 atom stereocenters. The maximum absolute atomic E-state index is 12.1. The van der Waals surface area contributed by atoms with E-state index in [0.29, 0.717) is 0 Å². The number of nitrogens with one attached hydrogen (secondary N) is 1. The van der Waals surface area contributed by atoms with Crippen LogP contribution in [0.15, 0.2) is 0 Å². The van der Waals surface area contributed by atoms with Gasteiger partial charge in [-0.15, -0.1) is 0 Å². The third kappa shape index (κ3) is 4.66. The van der Waals surface area contributed by atoms with Gasteiger partial charge in [-0.05, 0) is 12.8 Å². The second-order valence-corrected chi connectivity index (χ2v) is 7.77. The van der Waals surface area contributed by atoms with Crippen LogP contribution in [0.5, 0.6) is 0 Å². The van der Waals surface area contributed by atoms with Gasteiger partial charge in [0.05, 0.1) is 24.0 Å². The maximum Gasteiger partial charge on any atom is 0.317 e. The second-order valence-electron chi connectivity index (χ2n) is 5.54. The number of urea groups is 1. The first-order valence-electron chi connectivity index (χ1n) is 6.61. The number of nitrogens with zero attached hydrogens (tertiary/aromatic N) is 1. The standard InChI is InChI=1S/C12H22N2O5S/c1-8(2)9(3)13-12(17)14-4-5-20(18,19)7-10(14)6-11(15)16/h8-10H,4-7H2,1-3H3,(H,13,17)(H,15,16). The molecule has 2 amide bonds. The van der Waals surface area contributed by atoms with E-state index in [4.69, 9.17) is 5.11 Å². The van der Waals surface area contributed by atoms with E-state index < -0.39 is 27.9 Å². The predicted octanol–water partition coefficient (Wildman–Crippen LogP) is 0.314. The highest BCUT2D eigenvalue weighted by Gasteiger charge is 2.35. The van der Waals surface area contributed by atoms with E-state index in [2.05, 4.69) is 5.32 Å². The van der Waals surface area contributed by atoms with Crippen molar-refractivity contribution in [3.05, 3.63) is 0 Å². The molecule has 0 aliphatic carbocycles. The van der Waals surface area contributed by atoms with E-state index in [1.165, 1.54) is 4.90 Å². The quantitative estimate of drug-likeness (QED) is 0.778. The highest BCUT2D eigenvalue weighted by atomic mass is 32.2. The molecule has 0 radical (unpaired) electrons. The Morgan fingerprint density at radius 2 is 1.95 bits per heavy atom.